The van der Waals surface area contributed by atoms with Gasteiger partial charge in [0.15, 0.2) is 6.10 Å². The Balaban J connectivity index is 2.15. The Kier molecular flexibility index (Phi) is 16.9. The lowest BCUT2D eigenvalue weighted by Crippen LogP contribution is -2.60. The van der Waals surface area contributed by atoms with Gasteiger partial charge in [0.1, 0.15) is 36.3 Å². The lowest BCUT2D eigenvalue weighted by atomic mass is 9.82. The first kappa shape index (κ1) is 46.6. The van der Waals surface area contributed by atoms with E-state index in [1.54, 1.807) is 85.7 Å². The molecule has 2 saturated heterocycles. The number of hydrogen-bond donors (Lipinski definition) is 3. The van der Waals surface area contributed by atoms with Gasteiger partial charge in [-0.2, -0.15) is 0 Å². The summed E-state index contributed by atoms with van der Waals surface area (Å²) in [5.41, 5.74) is -0.639. The van der Waals surface area contributed by atoms with E-state index in [9.17, 15) is 33.6 Å². The molecule has 1 aromatic carbocycles. The summed E-state index contributed by atoms with van der Waals surface area (Å²) in [7, 11) is 1.47. The first-order chi connectivity index (χ1) is 26.7. The van der Waals surface area contributed by atoms with Crippen molar-refractivity contribution in [1.82, 2.24) is 25.8 Å². The summed E-state index contributed by atoms with van der Waals surface area (Å²) in [6.07, 6.45) is 1.65. The van der Waals surface area contributed by atoms with Gasteiger partial charge in [0.2, 0.25) is 23.6 Å². The highest BCUT2D eigenvalue weighted by Gasteiger charge is 2.45. The molecule has 2 aliphatic heterocycles. The van der Waals surface area contributed by atoms with Crippen molar-refractivity contribution >= 4 is 41.5 Å². The third-order valence-corrected chi connectivity index (χ3v) is 11.0. The molecule has 0 aromatic heterocycles. The molecule has 57 heavy (non-hydrogen) atoms. The third-order valence-electron chi connectivity index (χ3n) is 11.0. The van der Waals surface area contributed by atoms with E-state index in [0.29, 0.717) is 31.2 Å². The predicted molar refractivity (Wildman–Crippen MR) is 215 cm³/mol. The molecule has 0 aliphatic carbocycles. The minimum atomic E-state index is -1.35. The molecule has 0 spiro atoms. The number of likely N-dealkylation sites (N-methyl/N-ethyl adjacent to an activating group) is 1. The van der Waals surface area contributed by atoms with Gasteiger partial charge in [-0.1, -0.05) is 78.0 Å². The maximum Gasteiger partial charge on any atom is 0.329 e. The van der Waals surface area contributed by atoms with Crippen molar-refractivity contribution in [2.24, 2.45) is 23.2 Å². The average Bonchev–Trinajstić information content (AvgIpc) is 3.64. The number of fused-ring (bicyclic) bond motifs is 1. The summed E-state index contributed by atoms with van der Waals surface area (Å²) in [5.74, 6) is -5.77. The molecule has 3 N–H and O–H groups in total. The maximum atomic E-state index is 14.4. The Morgan fingerprint density at radius 2 is 1.46 bits per heavy atom. The van der Waals surface area contributed by atoms with Crippen molar-refractivity contribution in [3.63, 3.8) is 0 Å². The van der Waals surface area contributed by atoms with Crippen molar-refractivity contribution in [3.05, 3.63) is 48.6 Å². The van der Waals surface area contributed by atoms with Crippen molar-refractivity contribution in [1.29, 1.82) is 0 Å². The quantitative estimate of drug-likeness (QED) is 0.191. The van der Waals surface area contributed by atoms with Crippen LogP contribution in [-0.4, -0.2) is 107 Å². The Labute approximate surface area is 338 Å². The molecule has 5 amide bonds. The second-order valence-electron chi connectivity index (χ2n) is 17.0. The number of unbranched alkanes of at least 4 members (excludes halogenated alkanes) is 1. The van der Waals surface area contributed by atoms with E-state index in [2.05, 4.69) is 22.5 Å². The largest absolute Gasteiger partial charge is 0.460 e. The van der Waals surface area contributed by atoms with Crippen LogP contribution < -0.4 is 16.0 Å². The highest BCUT2D eigenvalue weighted by Crippen LogP contribution is 2.30. The zero-order chi connectivity index (χ0) is 42.8. The van der Waals surface area contributed by atoms with Gasteiger partial charge in [-0.3, -0.25) is 24.0 Å². The van der Waals surface area contributed by atoms with Gasteiger partial charge in [0, 0.05) is 20.0 Å². The monoisotopic (exact) mass is 795 g/mol. The van der Waals surface area contributed by atoms with Crippen LogP contribution in [0.3, 0.4) is 0 Å². The molecule has 14 heteroatoms. The second-order valence-corrected chi connectivity index (χ2v) is 17.0. The summed E-state index contributed by atoms with van der Waals surface area (Å²) in [6, 6.07) is 3.62. The predicted octanol–water partition coefficient (Wildman–Crippen LogP) is 3.71. The molecule has 14 nitrogen and oxygen atoms in total. The minimum absolute atomic E-state index is 0.0114. The molecule has 316 valence electrons. The fraction of sp³-hybridized carbons (Fsp3) is 0.651. The fourth-order valence-corrected chi connectivity index (χ4v) is 7.33. The van der Waals surface area contributed by atoms with Gasteiger partial charge < -0.3 is 35.2 Å². The number of hydrogen-bond acceptors (Lipinski definition) is 9. The lowest BCUT2D eigenvalue weighted by Gasteiger charge is -2.38. The molecule has 1 aromatic rings. The number of ether oxygens (including phenoxy) is 2. The minimum Gasteiger partial charge on any atom is -0.460 e. The number of amides is 5. The van der Waals surface area contributed by atoms with E-state index in [4.69, 9.17) is 9.47 Å². The normalized spacial score (nSPS) is 27.5. The van der Waals surface area contributed by atoms with E-state index in [1.807, 2.05) is 6.07 Å². The number of allylic oxidation sites excluding steroid dienone is 1. The third kappa shape index (κ3) is 11.9. The molecule has 2 aliphatic rings. The van der Waals surface area contributed by atoms with Crippen molar-refractivity contribution in [2.45, 2.75) is 143 Å². The van der Waals surface area contributed by atoms with Crippen molar-refractivity contribution < 1.29 is 43.0 Å². The fourth-order valence-electron chi connectivity index (χ4n) is 7.33. The topological polar surface area (TPSA) is 181 Å². The number of nitrogens with one attached hydrogen (secondary N) is 3. The number of carbonyl (C=O) groups is 7. The van der Waals surface area contributed by atoms with Crippen LogP contribution in [-0.2, 0) is 49.5 Å². The van der Waals surface area contributed by atoms with Gasteiger partial charge in [0.05, 0.1) is 5.41 Å². The molecule has 0 saturated carbocycles. The van der Waals surface area contributed by atoms with E-state index in [1.165, 1.54) is 23.8 Å². The van der Waals surface area contributed by atoms with Gasteiger partial charge >= 0.3 is 11.9 Å². The average molecular weight is 796 g/mol. The summed E-state index contributed by atoms with van der Waals surface area (Å²) in [5, 5.41) is 8.35. The van der Waals surface area contributed by atoms with Gasteiger partial charge in [-0.25, -0.2) is 9.59 Å². The summed E-state index contributed by atoms with van der Waals surface area (Å²) in [6.45, 7) is 19.2. The molecular formula is C43H65N5O9. The second kappa shape index (κ2) is 20.6. The van der Waals surface area contributed by atoms with Crippen LogP contribution in [0.2, 0.25) is 0 Å². The summed E-state index contributed by atoms with van der Waals surface area (Å²) in [4.78, 5) is 101. The Morgan fingerprint density at radius 3 is 2.04 bits per heavy atom. The molecule has 2 heterocycles. The Hall–Kier alpha value is -4.75. The zero-order valence-electron chi connectivity index (χ0n) is 35.5. The van der Waals surface area contributed by atoms with Gasteiger partial charge in [0.25, 0.3) is 5.91 Å². The van der Waals surface area contributed by atoms with Gasteiger partial charge in [-0.05, 0) is 76.2 Å². The van der Waals surface area contributed by atoms with Crippen LogP contribution in [0.5, 0.6) is 0 Å². The van der Waals surface area contributed by atoms with Crippen molar-refractivity contribution in [2.75, 3.05) is 13.6 Å². The van der Waals surface area contributed by atoms with E-state index >= 15 is 0 Å². The Morgan fingerprint density at radius 1 is 0.825 bits per heavy atom. The molecule has 7 atom stereocenters. The van der Waals surface area contributed by atoms with E-state index < -0.39 is 107 Å². The van der Waals surface area contributed by atoms with Crippen LogP contribution in [0.25, 0.3) is 0 Å². The van der Waals surface area contributed by atoms with Gasteiger partial charge in [-0.15, -0.1) is 6.58 Å². The summed E-state index contributed by atoms with van der Waals surface area (Å²) < 4.78 is 12.0. The lowest BCUT2D eigenvalue weighted by molar-refractivity contribution is -0.169. The first-order valence-corrected chi connectivity index (χ1v) is 20.3. The van der Waals surface area contributed by atoms with E-state index in [0.717, 1.165) is 0 Å². The molecule has 0 radical (unpaired) electrons. The van der Waals surface area contributed by atoms with Crippen LogP contribution in [0.15, 0.2) is 43.0 Å². The maximum absolute atomic E-state index is 14.4. The standard InChI is InChI=1S/C43H65N5O9/c1-12-13-15-22-32-43(9,10)42(55)46-34(26(4)5)39(52)47(11)35(27(6)7)41(54)56-31(24-29-19-16-14-17-20-29)38(51)48-23-18-21-30(48)36(49)45-33(25(2)3)37(50)44-28(8)40(53)57-32/h12,14,16-17,19-20,25-28,30-35H,1,13,15,18,21-24H2,2-11H3,(H,44,50)(H,45,49)(H,46,55)/t28-,30-,31-,32?,33-,34?,35?/m0/s1. The van der Waals surface area contributed by atoms with Crippen LogP contribution >= 0.6 is 0 Å². The van der Waals surface area contributed by atoms with E-state index in [-0.39, 0.29) is 19.4 Å². The SMILES string of the molecule is C=CCCCC1OC(=O)[C@H](C)NC(=O)[C@H](C(C)C)NC(=O)[C@@H]2CCCN2C(=O)[C@H](Cc2ccccc2)OC(=O)C(C(C)C)N(C)C(=O)C(C(C)C)NC(=O)C1(C)C. The number of nitrogens with zero attached hydrogens (tertiary/aromatic N) is 2. The summed E-state index contributed by atoms with van der Waals surface area (Å²) >= 11 is 0. The van der Waals surface area contributed by atoms with Crippen LogP contribution in [0, 0.1) is 23.2 Å². The molecule has 2 fully saturated rings. The smallest absolute Gasteiger partial charge is 0.329 e. The molecule has 0 bridgehead atoms. The van der Waals surface area contributed by atoms with Crippen LogP contribution in [0.4, 0.5) is 0 Å². The number of rotatable bonds is 9. The first-order valence-electron chi connectivity index (χ1n) is 20.3. The highest BCUT2D eigenvalue weighted by molar-refractivity contribution is 5.96. The zero-order valence-corrected chi connectivity index (χ0v) is 35.5. The molecule has 3 unspecified atom stereocenters. The number of cyclic esters (lactones) is 2. The molecular weight excluding hydrogens is 730 g/mol. The van der Waals surface area contributed by atoms with Crippen molar-refractivity contribution in [3.8, 4) is 0 Å². The highest BCUT2D eigenvalue weighted by atomic mass is 16.6. The number of carbonyl (C=O) groups excluding carboxylic acids is 7. The number of benzene rings is 1. The molecule has 3 rings (SSSR count). The van der Waals surface area contributed by atoms with Crippen LogP contribution in [0.1, 0.15) is 100.0 Å². The Bertz CT molecular complexity index is 1610. The number of esters is 2.